The van der Waals surface area contributed by atoms with Gasteiger partial charge in [-0.3, -0.25) is 0 Å². The lowest BCUT2D eigenvalue weighted by Gasteiger charge is -2.09. The van der Waals surface area contributed by atoms with E-state index in [4.69, 9.17) is 5.11 Å². The second-order valence-corrected chi connectivity index (χ2v) is 3.34. The number of benzene rings is 2. The van der Waals surface area contributed by atoms with Crippen molar-refractivity contribution in [3.63, 3.8) is 0 Å². The minimum absolute atomic E-state index is 0.0272. The van der Waals surface area contributed by atoms with E-state index in [1.54, 1.807) is 12.1 Å². The average molecular weight is 238 g/mol. The normalized spacial score (nSPS) is 10.8. The first kappa shape index (κ1) is 11.3. The number of rotatable bonds is 3. The van der Waals surface area contributed by atoms with Crippen molar-refractivity contribution >= 4 is 16.7 Å². The predicted octanol–water partition coefficient (Wildman–Crippen LogP) is 3.14. The number of carbonyl (C=O) groups is 1. The van der Waals surface area contributed by atoms with Crippen LogP contribution in [0.5, 0.6) is 5.75 Å². The molecule has 1 N–H and O–H groups in total. The van der Waals surface area contributed by atoms with E-state index in [2.05, 4.69) is 4.74 Å². The Morgan fingerprint density at radius 2 is 1.76 bits per heavy atom. The summed E-state index contributed by atoms with van der Waals surface area (Å²) in [4.78, 5) is 11.0. The molecule has 88 valence electrons. The number of carboxylic acid groups (broad SMARTS) is 1. The second kappa shape index (κ2) is 4.37. The first-order chi connectivity index (χ1) is 8.09. The Balaban J connectivity index is 2.65. The molecule has 0 spiro atoms. The van der Waals surface area contributed by atoms with Crippen LogP contribution in [0.25, 0.3) is 10.8 Å². The summed E-state index contributed by atoms with van der Waals surface area (Å²) in [6.07, 6.45) is 0. The molecule has 0 saturated carbocycles. The predicted molar refractivity (Wildman–Crippen MR) is 57.5 cm³/mol. The van der Waals surface area contributed by atoms with Gasteiger partial charge in [0, 0.05) is 5.39 Å². The summed E-state index contributed by atoms with van der Waals surface area (Å²) >= 11 is 0. The lowest BCUT2D eigenvalue weighted by atomic mass is 10.0. The van der Waals surface area contributed by atoms with Crippen LogP contribution in [0, 0.1) is 0 Å². The van der Waals surface area contributed by atoms with Gasteiger partial charge in [0.1, 0.15) is 5.75 Å². The second-order valence-electron chi connectivity index (χ2n) is 3.34. The van der Waals surface area contributed by atoms with Gasteiger partial charge in [0.25, 0.3) is 0 Å². The van der Waals surface area contributed by atoms with Crippen molar-refractivity contribution in [1.82, 2.24) is 0 Å². The first-order valence-electron chi connectivity index (χ1n) is 4.79. The van der Waals surface area contributed by atoms with Gasteiger partial charge in [-0.1, -0.05) is 24.3 Å². The van der Waals surface area contributed by atoms with Gasteiger partial charge in [-0.15, -0.1) is 0 Å². The fourth-order valence-electron chi connectivity index (χ4n) is 1.67. The molecule has 2 aromatic rings. The molecule has 0 heterocycles. The van der Waals surface area contributed by atoms with Crippen molar-refractivity contribution in [3.05, 3.63) is 42.0 Å². The van der Waals surface area contributed by atoms with Crippen molar-refractivity contribution in [3.8, 4) is 5.75 Å². The van der Waals surface area contributed by atoms with Crippen molar-refractivity contribution in [1.29, 1.82) is 0 Å². The number of ether oxygens (including phenoxy) is 1. The summed E-state index contributed by atoms with van der Waals surface area (Å²) < 4.78 is 28.7. The highest BCUT2D eigenvalue weighted by molar-refractivity contribution is 6.05. The fraction of sp³-hybridized carbons (Fsp3) is 0.0833. The molecule has 0 atom stereocenters. The van der Waals surface area contributed by atoms with Crippen LogP contribution in [0.1, 0.15) is 10.4 Å². The molecule has 0 amide bonds. The summed E-state index contributed by atoms with van der Waals surface area (Å²) in [5, 5.41) is 9.69. The zero-order chi connectivity index (χ0) is 12.4. The zero-order valence-electron chi connectivity index (χ0n) is 8.56. The van der Waals surface area contributed by atoms with Crippen LogP contribution in [-0.2, 0) is 0 Å². The lowest BCUT2D eigenvalue weighted by Crippen LogP contribution is -2.03. The molecular weight excluding hydrogens is 230 g/mol. The van der Waals surface area contributed by atoms with Gasteiger partial charge in [0.2, 0.25) is 0 Å². The van der Waals surface area contributed by atoms with Gasteiger partial charge < -0.3 is 9.84 Å². The van der Waals surface area contributed by atoms with Crippen LogP contribution in [-0.4, -0.2) is 17.7 Å². The molecule has 2 aromatic carbocycles. The monoisotopic (exact) mass is 238 g/mol. The zero-order valence-corrected chi connectivity index (χ0v) is 8.56. The molecule has 0 aliphatic heterocycles. The van der Waals surface area contributed by atoms with E-state index in [-0.39, 0.29) is 11.3 Å². The summed E-state index contributed by atoms with van der Waals surface area (Å²) in [5.41, 5.74) is 0.0576. The molecule has 0 bridgehead atoms. The molecule has 0 unspecified atom stereocenters. The van der Waals surface area contributed by atoms with E-state index in [9.17, 15) is 13.6 Å². The van der Waals surface area contributed by atoms with Crippen LogP contribution >= 0.6 is 0 Å². The highest BCUT2D eigenvalue weighted by Gasteiger charge is 2.12. The molecule has 0 radical (unpaired) electrons. The van der Waals surface area contributed by atoms with E-state index in [1.807, 2.05) is 0 Å². The maximum atomic E-state index is 12.2. The smallest absolute Gasteiger partial charge is 0.387 e. The number of hydrogen-bond acceptors (Lipinski definition) is 2. The Labute approximate surface area is 95.2 Å². The minimum atomic E-state index is -2.94. The molecule has 17 heavy (non-hydrogen) atoms. The van der Waals surface area contributed by atoms with Crippen LogP contribution in [0.3, 0.4) is 0 Å². The van der Waals surface area contributed by atoms with Crippen molar-refractivity contribution in [2.75, 3.05) is 0 Å². The van der Waals surface area contributed by atoms with Crippen LogP contribution in [0.15, 0.2) is 36.4 Å². The quantitative estimate of drug-likeness (QED) is 0.893. The van der Waals surface area contributed by atoms with E-state index in [0.717, 1.165) is 0 Å². The third-order valence-electron chi connectivity index (χ3n) is 2.33. The molecular formula is C12H8F2O3. The van der Waals surface area contributed by atoms with Gasteiger partial charge in [-0.2, -0.15) is 8.78 Å². The van der Waals surface area contributed by atoms with Crippen molar-refractivity contribution in [2.45, 2.75) is 6.61 Å². The van der Waals surface area contributed by atoms with Gasteiger partial charge in [-0.05, 0) is 17.5 Å². The summed E-state index contributed by atoms with van der Waals surface area (Å²) in [6.45, 7) is -2.94. The van der Waals surface area contributed by atoms with Gasteiger partial charge in [0.05, 0.1) is 5.56 Å². The van der Waals surface area contributed by atoms with Crippen molar-refractivity contribution < 1.29 is 23.4 Å². The highest BCUT2D eigenvalue weighted by atomic mass is 19.3. The fourth-order valence-corrected chi connectivity index (χ4v) is 1.67. The van der Waals surface area contributed by atoms with Gasteiger partial charge in [0.15, 0.2) is 0 Å². The van der Waals surface area contributed by atoms with E-state index in [0.29, 0.717) is 10.8 Å². The minimum Gasteiger partial charge on any atom is -0.478 e. The Hall–Kier alpha value is -2.17. The number of carboxylic acids is 1. The Morgan fingerprint density at radius 1 is 1.12 bits per heavy atom. The molecule has 0 saturated heterocycles. The average Bonchev–Trinajstić information content (AvgIpc) is 2.28. The summed E-state index contributed by atoms with van der Waals surface area (Å²) in [6, 6.07) is 8.85. The maximum Gasteiger partial charge on any atom is 0.387 e. The molecule has 5 heteroatoms. The number of aromatic carboxylic acids is 1. The lowest BCUT2D eigenvalue weighted by molar-refractivity contribution is -0.0487. The number of halogens is 2. The number of fused-ring (bicyclic) bond motifs is 1. The van der Waals surface area contributed by atoms with Crippen LogP contribution < -0.4 is 4.74 Å². The molecule has 0 aliphatic carbocycles. The molecule has 0 aromatic heterocycles. The summed E-state index contributed by atoms with van der Waals surface area (Å²) in [7, 11) is 0. The third-order valence-corrected chi connectivity index (χ3v) is 2.33. The van der Waals surface area contributed by atoms with Crippen LogP contribution in [0.2, 0.25) is 0 Å². The van der Waals surface area contributed by atoms with Crippen molar-refractivity contribution in [2.24, 2.45) is 0 Å². The largest absolute Gasteiger partial charge is 0.478 e. The van der Waals surface area contributed by atoms with E-state index in [1.165, 1.54) is 24.3 Å². The number of hydrogen-bond donors (Lipinski definition) is 1. The standard InChI is InChI=1S/C12H8F2O3/c13-12(14)17-10-6-2-3-7-8(10)4-1-5-9(7)11(15)16/h1-6,12H,(H,15,16). The number of alkyl halides is 2. The molecule has 0 aliphatic rings. The molecule has 0 fully saturated rings. The highest BCUT2D eigenvalue weighted by Crippen LogP contribution is 2.29. The Bertz CT molecular complexity index is 567. The molecule has 2 rings (SSSR count). The SMILES string of the molecule is O=C(O)c1cccc2c(OC(F)F)cccc12. The first-order valence-corrected chi connectivity index (χ1v) is 4.79. The Kier molecular flexibility index (Phi) is 2.91. The summed E-state index contributed by atoms with van der Waals surface area (Å²) in [5.74, 6) is -1.13. The topological polar surface area (TPSA) is 46.5 Å². The Morgan fingerprint density at radius 3 is 2.41 bits per heavy atom. The third kappa shape index (κ3) is 2.18. The van der Waals surface area contributed by atoms with E-state index >= 15 is 0 Å². The van der Waals surface area contributed by atoms with E-state index < -0.39 is 12.6 Å². The maximum absolute atomic E-state index is 12.2. The molecule has 3 nitrogen and oxygen atoms in total. The van der Waals surface area contributed by atoms with Crippen LogP contribution in [0.4, 0.5) is 8.78 Å². The van der Waals surface area contributed by atoms with Gasteiger partial charge >= 0.3 is 12.6 Å². The van der Waals surface area contributed by atoms with Gasteiger partial charge in [-0.25, -0.2) is 4.79 Å².